The molecular weight excluding hydrogens is 265 g/mol. The smallest absolute Gasteiger partial charge is 0.0717 e. The lowest BCUT2D eigenvalue weighted by Gasteiger charge is -2.03. The summed E-state index contributed by atoms with van der Waals surface area (Å²) in [5.74, 6) is 0. The highest BCUT2D eigenvalue weighted by atomic mass is 127. The number of benzene rings is 1. The van der Waals surface area contributed by atoms with Crippen LogP contribution in [0.5, 0.6) is 0 Å². The number of hydrogen-bond donors (Lipinski definition) is 1. The van der Waals surface area contributed by atoms with Crippen molar-refractivity contribution in [2.75, 3.05) is 10.1 Å². The summed E-state index contributed by atoms with van der Waals surface area (Å²) in [4.78, 5) is 0. The first-order chi connectivity index (χ1) is 5.86. The molecule has 0 unspecified atom stereocenters. The summed E-state index contributed by atoms with van der Waals surface area (Å²) in [7, 11) is 0. The third kappa shape index (κ3) is 2.98. The average molecular weight is 277 g/mol. The molecule has 0 aliphatic rings. The molecule has 0 bridgehead atoms. The van der Waals surface area contributed by atoms with Gasteiger partial charge in [0.25, 0.3) is 0 Å². The predicted octanol–water partition coefficient (Wildman–Crippen LogP) is 2.99. The van der Waals surface area contributed by atoms with Crippen LogP contribution in [0, 0.1) is 0 Å². The summed E-state index contributed by atoms with van der Waals surface area (Å²) in [6.45, 7) is 3.46. The fraction of sp³-hybridized carbons (Fsp3) is 0.333. The van der Waals surface area contributed by atoms with Gasteiger partial charge in [-0.3, -0.25) is 0 Å². The second-order valence-corrected chi connectivity index (χ2v) is 2.97. The van der Waals surface area contributed by atoms with Crippen molar-refractivity contribution in [3.8, 4) is 0 Å². The lowest BCUT2D eigenvalue weighted by Crippen LogP contribution is -1.91. The van der Waals surface area contributed by atoms with E-state index < -0.39 is 0 Å². The molecule has 3 heteroatoms. The summed E-state index contributed by atoms with van der Waals surface area (Å²) in [6, 6.07) is 8.20. The average Bonchev–Trinajstić information content (AvgIpc) is 2.15. The lowest BCUT2D eigenvalue weighted by atomic mass is 10.2. The molecule has 0 amide bonds. The Morgan fingerprint density at radius 2 is 2.33 bits per heavy atom. The van der Waals surface area contributed by atoms with Crippen LogP contribution >= 0.6 is 22.9 Å². The lowest BCUT2D eigenvalue weighted by molar-refractivity contribution is 0.134. The molecule has 0 aromatic heterocycles. The van der Waals surface area contributed by atoms with E-state index in [1.165, 1.54) is 5.56 Å². The van der Waals surface area contributed by atoms with Crippen LogP contribution in [0.15, 0.2) is 24.3 Å². The maximum absolute atomic E-state index is 5.29. The number of hydrogen-bond acceptors (Lipinski definition) is 2. The Balaban J connectivity index is 2.60. The maximum atomic E-state index is 5.29. The summed E-state index contributed by atoms with van der Waals surface area (Å²) >= 11 is 2.12. The van der Waals surface area contributed by atoms with Crippen LogP contribution in [0.2, 0.25) is 0 Å². The molecule has 1 rings (SSSR count). The Bertz CT molecular complexity index is 240. The Kier molecular flexibility index (Phi) is 4.39. The molecule has 66 valence electrons. The minimum Gasteiger partial charge on any atom is -0.377 e. The van der Waals surface area contributed by atoms with Gasteiger partial charge in [-0.25, -0.2) is 0 Å². The van der Waals surface area contributed by atoms with E-state index >= 15 is 0 Å². The van der Waals surface area contributed by atoms with E-state index in [2.05, 4.69) is 38.5 Å². The van der Waals surface area contributed by atoms with Crippen LogP contribution in [-0.4, -0.2) is 6.61 Å². The second kappa shape index (κ2) is 5.37. The van der Waals surface area contributed by atoms with Crippen molar-refractivity contribution in [3.05, 3.63) is 29.8 Å². The van der Waals surface area contributed by atoms with Gasteiger partial charge in [0.1, 0.15) is 0 Å². The minimum absolute atomic E-state index is 0.697. The SMILES string of the molecule is CCOCc1cccc(NI)c1. The Labute approximate surface area is 86.8 Å². The van der Waals surface area contributed by atoms with E-state index in [1.54, 1.807) is 0 Å². The van der Waals surface area contributed by atoms with Crippen molar-refractivity contribution < 1.29 is 4.74 Å². The molecule has 1 aromatic carbocycles. The first-order valence-electron chi connectivity index (χ1n) is 3.90. The highest BCUT2D eigenvalue weighted by Gasteiger charge is 1.93. The molecule has 0 heterocycles. The van der Waals surface area contributed by atoms with Gasteiger partial charge in [-0.05, 0) is 24.6 Å². The quantitative estimate of drug-likeness (QED) is 0.674. The van der Waals surface area contributed by atoms with Crippen molar-refractivity contribution in [2.45, 2.75) is 13.5 Å². The van der Waals surface area contributed by atoms with E-state index in [4.69, 9.17) is 4.74 Å². The third-order valence-corrected chi connectivity index (χ3v) is 2.13. The van der Waals surface area contributed by atoms with Gasteiger partial charge in [0.05, 0.1) is 29.5 Å². The number of halogens is 1. The van der Waals surface area contributed by atoms with Crippen molar-refractivity contribution in [2.24, 2.45) is 0 Å². The van der Waals surface area contributed by atoms with Crippen LogP contribution in [0.3, 0.4) is 0 Å². The van der Waals surface area contributed by atoms with Gasteiger partial charge in [-0.2, -0.15) is 0 Å². The van der Waals surface area contributed by atoms with Gasteiger partial charge in [-0.1, -0.05) is 12.1 Å². The van der Waals surface area contributed by atoms with Crippen molar-refractivity contribution in [1.82, 2.24) is 0 Å². The van der Waals surface area contributed by atoms with E-state index in [1.807, 2.05) is 19.1 Å². The van der Waals surface area contributed by atoms with Gasteiger partial charge in [-0.15, -0.1) is 0 Å². The normalized spacial score (nSPS) is 9.83. The second-order valence-electron chi connectivity index (χ2n) is 2.43. The van der Waals surface area contributed by atoms with E-state index in [-0.39, 0.29) is 0 Å². The highest BCUT2D eigenvalue weighted by molar-refractivity contribution is 14.1. The molecular formula is C9H12INO. The number of rotatable bonds is 4. The number of nitrogens with one attached hydrogen (secondary N) is 1. The monoisotopic (exact) mass is 277 g/mol. The molecule has 1 aromatic rings. The van der Waals surface area contributed by atoms with Gasteiger partial charge in [0.15, 0.2) is 0 Å². The first kappa shape index (κ1) is 9.80. The van der Waals surface area contributed by atoms with Gasteiger partial charge < -0.3 is 8.27 Å². The molecule has 0 aliphatic heterocycles. The van der Waals surface area contributed by atoms with Crippen molar-refractivity contribution >= 4 is 28.6 Å². The fourth-order valence-corrected chi connectivity index (χ4v) is 1.28. The molecule has 1 N–H and O–H groups in total. The Morgan fingerprint density at radius 1 is 1.50 bits per heavy atom. The Morgan fingerprint density at radius 3 is 3.00 bits per heavy atom. The molecule has 0 aliphatic carbocycles. The fourth-order valence-electron chi connectivity index (χ4n) is 0.940. The Hall–Kier alpha value is -0.290. The molecule has 0 saturated heterocycles. The third-order valence-electron chi connectivity index (χ3n) is 1.51. The van der Waals surface area contributed by atoms with Crippen LogP contribution in [-0.2, 0) is 11.3 Å². The van der Waals surface area contributed by atoms with E-state index in [0.717, 1.165) is 12.3 Å². The molecule has 0 saturated carbocycles. The standard InChI is InChI=1S/C9H12INO/c1-2-12-7-8-4-3-5-9(6-8)11-10/h3-6,11H,2,7H2,1H3. The van der Waals surface area contributed by atoms with Crippen molar-refractivity contribution in [3.63, 3.8) is 0 Å². The summed E-state index contributed by atoms with van der Waals surface area (Å²) in [5.41, 5.74) is 2.33. The maximum Gasteiger partial charge on any atom is 0.0717 e. The van der Waals surface area contributed by atoms with E-state index in [0.29, 0.717) is 6.61 Å². The summed E-state index contributed by atoms with van der Waals surface area (Å²) in [5, 5.41) is 0. The zero-order valence-corrected chi connectivity index (χ0v) is 9.17. The van der Waals surface area contributed by atoms with Crippen LogP contribution in [0.4, 0.5) is 5.69 Å². The largest absolute Gasteiger partial charge is 0.377 e. The van der Waals surface area contributed by atoms with Gasteiger partial charge in [0.2, 0.25) is 0 Å². The summed E-state index contributed by atoms with van der Waals surface area (Å²) < 4.78 is 8.35. The predicted molar refractivity (Wildman–Crippen MR) is 59.4 cm³/mol. The van der Waals surface area contributed by atoms with Crippen LogP contribution in [0.25, 0.3) is 0 Å². The van der Waals surface area contributed by atoms with Crippen molar-refractivity contribution in [1.29, 1.82) is 0 Å². The molecule has 0 atom stereocenters. The van der Waals surface area contributed by atoms with Crippen LogP contribution < -0.4 is 3.53 Å². The molecule has 12 heavy (non-hydrogen) atoms. The zero-order valence-electron chi connectivity index (χ0n) is 7.01. The molecule has 0 fully saturated rings. The first-order valence-corrected chi connectivity index (χ1v) is 4.98. The number of ether oxygens (including phenoxy) is 1. The topological polar surface area (TPSA) is 21.3 Å². The number of anilines is 1. The molecule has 0 spiro atoms. The van der Waals surface area contributed by atoms with E-state index in [9.17, 15) is 0 Å². The summed E-state index contributed by atoms with van der Waals surface area (Å²) in [6.07, 6.45) is 0. The highest BCUT2D eigenvalue weighted by Crippen LogP contribution is 2.12. The molecule has 0 radical (unpaired) electrons. The molecule has 2 nitrogen and oxygen atoms in total. The van der Waals surface area contributed by atoms with Gasteiger partial charge >= 0.3 is 0 Å². The zero-order chi connectivity index (χ0) is 8.81. The van der Waals surface area contributed by atoms with Crippen LogP contribution in [0.1, 0.15) is 12.5 Å². The minimum atomic E-state index is 0.697. The van der Waals surface area contributed by atoms with Gasteiger partial charge in [0, 0.05) is 12.3 Å².